The minimum absolute atomic E-state index is 0.324. The molecule has 0 saturated carbocycles. The average Bonchev–Trinajstić information content (AvgIpc) is 3.29. The van der Waals surface area contributed by atoms with Crippen LogP contribution in [0.15, 0.2) is 42.0 Å². The highest BCUT2D eigenvalue weighted by Crippen LogP contribution is 2.54. The van der Waals surface area contributed by atoms with Crippen LogP contribution in [0.2, 0.25) is 0 Å². The minimum Gasteiger partial charge on any atom is -0.504 e. The van der Waals surface area contributed by atoms with E-state index in [1.165, 1.54) is 0 Å². The van der Waals surface area contributed by atoms with Gasteiger partial charge in [-0.2, -0.15) is 0 Å². The van der Waals surface area contributed by atoms with Crippen LogP contribution in [0.25, 0.3) is 11.1 Å². The van der Waals surface area contributed by atoms with Gasteiger partial charge in [-0.25, -0.2) is 33.6 Å². The smallest absolute Gasteiger partial charge is 0.346 e. The second-order valence-corrected chi connectivity index (χ2v) is 14.9. The van der Waals surface area contributed by atoms with Crippen molar-refractivity contribution in [3.63, 3.8) is 0 Å². The Bertz CT molecular complexity index is 2960. The predicted molar refractivity (Wildman–Crippen MR) is 206 cm³/mol. The summed E-state index contributed by atoms with van der Waals surface area (Å²) in [5.74, 6) is -30.7. The molecule has 4 aliphatic heterocycles. The van der Waals surface area contributed by atoms with Crippen molar-refractivity contribution in [2.75, 3.05) is 6.61 Å². The van der Waals surface area contributed by atoms with Crippen molar-refractivity contribution in [3.05, 3.63) is 69.8 Å². The molecule has 68 heavy (non-hydrogen) atoms. The molecule has 354 valence electrons. The number of hydrogen-bond donors (Lipinski definition) is 13. The fourth-order valence-corrected chi connectivity index (χ4v) is 7.76. The highest BCUT2D eigenvalue weighted by molar-refractivity contribution is 6.09. The molecule has 4 aromatic carbocycles. The summed E-state index contributed by atoms with van der Waals surface area (Å²) < 4.78 is 38.6. The van der Waals surface area contributed by atoms with Crippen LogP contribution in [0.3, 0.4) is 0 Å². The van der Waals surface area contributed by atoms with Gasteiger partial charge < -0.3 is 99.5 Å². The van der Waals surface area contributed by atoms with Crippen LogP contribution in [-0.2, 0) is 47.5 Å². The van der Waals surface area contributed by atoms with Crippen LogP contribution in [0.1, 0.15) is 52.9 Å². The second kappa shape index (κ2) is 16.2. The molecule has 4 bridgehead atoms. The van der Waals surface area contributed by atoms with Gasteiger partial charge in [0.1, 0.15) is 12.7 Å². The summed E-state index contributed by atoms with van der Waals surface area (Å²) in [6.45, 7) is -1.31. The summed E-state index contributed by atoms with van der Waals surface area (Å²) in [6, 6.07) is 2.26. The summed E-state index contributed by atoms with van der Waals surface area (Å²) in [6.07, 6.45) is -14.7. The minimum atomic E-state index is -2.61. The third kappa shape index (κ3) is 7.19. The first-order valence-corrected chi connectivity index (χ1v) is 18.9. The van der Waals surface area contributed by atoms with E-state index in [0.29, 0.717) is 36.4 Å². The zero-order chi connectivity index (χ0) is 49.5. The highest BCUT2D eigenvalue weighted by Gasteiger charge is 2.57. The van der Waals surface area contributed by atoms with Crippen molar-refractivity contribution in [3.8, 4) is 80.1 Å². The van der Waals surface area contributed by atoms with Gasteiger partial charge in [0.2, 0.25) is 35.7 Å². The number of aliphatic carboxylic acids is 1. The number of fused-ring (bicyclic) bond motifs is 6. The monoisotopic (exact) mass is 952 g/mol. The maximum Gasteiger partial charge on any atom is 0.346 e. The van der Waals surface area contributed by atoms with E-state index in [9.17, 15) is 99.9 Å². The van der Waals surface area contributed by atoms with Gasteiger partial charge >= 0.3 is 41.8 Å². The summed E-state index contributed by atoms with van der Waals surface area (Å²) in [7, 11) is 0. The number of carbonyl (C=O) groups is 7. The van der Waals surface area contributed by atoms with Crippen LogP contribution in [0, 0.1) is 0 Å². The molecule has 0 aromatic heterocycles. The van der Waals surface area contributed by atoms with E-state index in [2.05, 4.69) is 0 Å². The Morgan fingerprint density at radius 1 is 0.529 bits per heavy atom. The van der Waals surface area contributed by atoms with E-state index < -0.39 is 205 Å². The van der Waals surface area contributed by atoms with Crippen LogP contribution in [0.5, 0.6) is 69.0 Å². The van der Waals surface area contributed by atoms with Crippen molar-refractivity contribution < 1.29 is 133 Å². The topological polar surface area (TPSA) is 447 Å². The van der Waals surface area contributed by atoms with Gasteiger partial charge in [0.15, 0.2) is 64.0 Å². The lowest BCUT2D eigenvalue weighted by atomic mass is 9.81. The number of phenols is 12. The normalized spacial score (nSPS) is 23.3. The lowest BCUT2D eigenvalue weighted by molar-refractivity contribution is -0.286. The lowest BCUT2D eigenvalue weighted by Crippen LogP contribution is -2.63. The number of hydrogen-bond acceptors (Lipinski definition) is 26. The molecule has 4 aromatic rings. The molecule has 0 spiro atoms. The Hall–Kier alpha value is -9.53. The van der Waals surface area contributed by atoms with Crippen molar-refractivity contribution in [1.29, 1.82) is 0 Å². The van der Waals surface area contributed by atoms with Gasteiger partial charge in [0, 0.05) is 22.8 Å². The molecule has 0 unspecified atom stereocenters. The van der Waals surface area contributed by atoms with E-state index in [1.807, 2.05) is 0 Å². The molecule has 8 rings (SSSR count). The second-order valence-electron chi connectivity index (χ2n) is 14.9. The Kier molecular flexibility index (Phi) is 10.7. The number of benzene rings is 4. The van der Waals surface area contributed by atoms with Gasteiger partial charge in [-0.1, -0.05) is 0 Å². The van der Waals surface area contributed by atoms with Gasteiger partial charge in [-0.3, -0.25) is 0 Å². The number of esters is 6. The number of aromatic hydroxyl groups is 12. The summed E-state index contributed by atoms with van der Waals surface area (Å²) in [5.41, 5.74) is -8.58. The van der Waals surface area contributed by atoms with Gasteiger partial charge in [-0.15, -0.1) is 0 Å². The van der Waals surface area contributed by atoms with Gasteiger partial charge in [0.05, 0.1) is 33.7 Å². The van der Waals surface area contributed by atoms with E-state index in [1.54, 1.807) is 0 Å². The van der Waals surface area contributed by atoms with Crippen LogP contribution >= 0.6 is 0 Å². The van der Waals surface area contributed by atoms with E-state index in [4.69, 9.17) is 33.2 Å². The molecular weight excluding hydrogens is 924 g/mol. The average molecular weight is 953 g/mol. The van der Waals surface area contributed by atoms with Crippen LogP contribution in [-0.4, -0.2) is 152 Å². The van der Waals surface area contributed by atoms with Crippen molar-refractivity contribution in [2.45, 2.75) is 42.7 Å². The maximum atomic E-state index is 14.6. The van der Waals surface area contributed by atoms with E-state index >= 15 is 0 Å². The number of phenolic OH excluding ortho intramolecular Hbond substituents is 12. The third-order valence-corrected chi connectivity index (χ3v) is 10.9. The summed E-state index contributed by atoms with van der Waals surface area (Å²) in [4.78, 5) is 96.8. The maximum absolute atomic E-state index is 14.6. The fraction of sp³-hybridized carbons (Fsp3) is 0.195. The SMILES string of the molecule is O=C1C=C2C(=O)O[C@H]3[C@@H]4OC(=O)c5cc(O)c(O)c(O)c5-c5c(cc(O)c(O)c5O)C(=O)OC[C@H]3O[C@@H](OC(=O)c3cc(O)c(O)c(O)c3)[C@@H]4OC(=O)c3cc(O)c(O)c(O)c3[C@H]2[C@H](C(=O)O)O1. The van der Waals surface area contributed by atoms with Crippen LogP contribution < -0.4 is 0 Å². The molecule has 13 N–H and O–H groups in total. The quantitative estimate of drug-likeness (QED) is 0.0744. The zero-order valence-corrected chi connectivity index (χ0v) is 33.2. The van der Waals surface area contributed by atoms with Gasteiger partial charge in [-0.05, 0) is 30.3 Å². The standard InChI is InChI=1S/C41H28O27/c42-13-1-8(2-14(43)24(13)48)36(57)68-41-34-33-31(65-40(61)12-6-19(47)64-32(35(55)56)23(12)22-11(39(60)67-34)5-17(46)27(51)30(22)54)18(63-41)7-62-37(58)9-3-15(44)25(49)28(52)20(9)21-10(38(59)66-33)4-16(45)26(50)29(21)53/h1-6,18,23,31-34,41-46,48-54H,7H2,(H,55,56)/t18-,23+,31-,32-,33+,34-,41+/m1/s1. The summed E-state index contributed by atoms with van der Waals surface area (Å²) >= 11 is 0. The number of cyclic esters (lactones) is 2. The molecule has 0 amide bonds. The Labute approximate surface area is 373 Å². The third-order valence-electron chi connectivity index (χ3n) is 10.9. The molecule has 4 heterocycles. The first-order chi connectivity index (χ1) is 32.0. The lowest BCUT2D eigenvalue weighted by Gasteiger charge is -2.44. The fourth-order valence-electron chi connectivity index (χ4n) is 7.76. The molecule has 1 saturated heterocycles. The molecule has 0 radical (unpaired) electrons. The molecule has 27 nitrogen and oxygen atoms in total. The number of carboxylic acids is 1. The highest BCUT2D eigenvalue weighted by atomic mass is 16.7. The molecular formula is C41H28O27. The Balaban J connectivity index is 1.40. The molecule has 0 aliphatic carbocycles. The molecule has 7 atom stereocenters. The molecule has 1 fully saturated rings. The summed E-state index contributed by atoms with van der Waals surface area (Å²) in [5, 5.41) is 137. The zero-order valence-electron chi connectivity index (χ0n) is 33.2. The van der Waals surface area contributed by atoms with E-state index in [0.717, 1.165) is 0 Å². The number of ether oxygens (including phenoxy) is 7. The molecule has 4 aliphatic rings. The van der Waals surface area contributed by atoms with Crippen molar-refractivity contribution >= 4 is 41.8 Å². The number of rotatable bonds is 3. The predicted octanol–water partition coefficient (Wildman–Crippen LogP) is 0.269. The number of carbonyl (C=O) groups excluding carboxylic acids is 6. The van der Waals surface area contributed by atoms with Crippen molar-refractivity contribution in [2.24, 2.45) is 0 Å². The van der Waals surface area contributed by atoms with Crippen molar-refractivity contribution in [1.82, 2.24) is 0 Å². The first kappa shape index (κ1) is 45.1. The largest absolute Gasteiger partial charge is 0.504 e. The number of carboxylic acid groups (broad SMARTS) is 1. The van der Waals surface area contributed by atoms with E-state index in [-0.39, 0.29) is 0 Å². The Morgan fingerprint density at radius 2 is 1.01 bits per heavy atom. The first-order valence-electron chi connectivity index (χ1n) is 18.9. The molecule has 27 heteroatoms. The van der Waals surface area contributed by atoms with Gasteiger partial charge in [0.25, 0.3) is 0 Å². The van der Waals surface area contributed by atoms with Crippen LogP contribution in [0.4, 0.5) is 0 Å². The Morgan fingerprint density at radius 3 is 1.59 bits per heavy atom.